The van der Waals surface area contributed by atoms with Gasteiger partial charge in [0.25, 0.3) is 0 Å². The second kappa shape index (κ2) is 7.83. The third-order valence-electron chi connectivity index (χ3n) is 8.75. The molecule has 0 aromatic heterocycles. The van der Waals surface area contributed by atoms with Gasteiger partial charge in [-0.1, -0.05) is 122 Å². The molecule has 4 aliphatic rings. The van der Waals surface area contributed by atoms with E-state index in [0.717, 1.165) is 0 Å². The molecule has 0 bridgehead atoms. The Labute approximate surface area is 187 Å². The van der Waals surface area contributed by atoms with E-state index < -0.39 is 0 Å². The average Bonchev–Trinajstić information content (AvgIpc) is 3.49. The van der Waals surface area contributed by atoms with Crippen LogP contribution in [-0.4, -0.2) is 0 Å². The van der Waals surface area contributed by atoms with Gasteiger partial charge in [0.1, 0.15) is 0 Å². The maximum Gasteiger partial charge on any atom is 0.0270 e. The predicted molar refractivity (Wildman–Crippen MR) is 130 cm³/mol. The Morgan fingerprint density at radius 1 is 0.516 bits per heavy atom. The molecule has 0 amide bonds. The van der Waals surface area contributed by atoms with Gasteiger partial charge < -0.3 is 0 Å². The summed E-state index contributed by atoms with van der Waals surface area (Å²) in [6.45, 7) is 0. The number of fused-ring (bicyclic) bond motifs is 3. The topological polar surface area (TPSA) is 0 Å². The summed E-state index contributed by atoms with van der Waals surface area (Å²) in [5.41, 5.74) is 3.11. The summed E-state index contributed by atoms with van der Waals surface area (Å²) in [5.74, 6) is 3.63. The van der Waals surface area contributed by atoms with E-state index in [9.17, 15) is 0 Å². The first kappa shape index (κ1) is 19.1. The number of hydrogen-bond donors (Lipinski definition) is 0. The first-order chi connectivity index (χ1) is 15.4. The Bertz CT molecular complexity index is 943. The molecular weight excluding hydrogens is 372 g/mol. The summed E-state index contributed by atoms with van der Waals surface area (Å²) < 4.78 is 0. The lowest BCUT2D eigenvalue weighted by atomic mass is 9.53. The van der Waals surface area contributed by atoms with Crippen LogP contribution in [-0.2, 0) is 5.41 Å². The second-order valence-electron chi connectivity index (χ2n) is 9.96. The van der Waals surface area contributed by atoms with Crippen molar-refractivity contribution >= 4 is 0 Å². The van der Waals surface area contributed by atoms with E-state index in [1.807, 2.05) is 0 Å². The maximum absolute atomic E-state index is 2.55. The van der Waals surface area contributed by atoms with Crippen LogP contribution in [0, 0.1) is 35.5 Å². The highest BCUT2D eigenvalue weighted by molar-refractivity contribution is 5.46. The molecular formula is C31H32. The normalized spacial score (nSPS) is 31.7. The van der Waals surface area contributed by atoms with Crippen LogP contribution < -0.4 is 0 Å². The van der Waals surface area contributed by atoms with Gasteiger partial charge in [-0.3, -0.25) is 0 Å². The van der Waals surface area contributed by atoms with Gasteiger partial charge in [-0.25, -0.2) is 0 Å². The zero-order chi connectivity index (χ0) is 20.7. The summed E-state index contributed by atoms with van der Waals surface area (Å²) in [4.78, 5) is 0. The molecule has 6 rings (SSSR count). The molecule has 4 unspecified atom stereocenters. The fourth-order valence-electron chi connectivity index (χ4n) is 7.74. The number of allylic oxidation sites excluding steroid dienone is 8. The summed E-state index contributed by atoms with van der Waals surface area (Å²) in [6.07, 6.45) is 24.7. The van der Waals surface area contributed by atoms with Crippen molar-refractivity contribution in [1.82, 2.24) is 0 Å². The van der Waals surface area contributed by atoms with Crippen LogP contribution in [0.1, 0.15) is 36.8 Å². The SMILES string of the molecule is C1=CC2C3C=CC=CC3C(C(c3ccccc3)(c3ccccc3)C3CCCC3)C2C=C1. The van der Waals surface area contributed by atoms with Crippen molar-refractivity contribution < 1.29 is 0 Å². The smallest absolute Gasteiger partial charge is 0.0270 e. The van der Waals surface area contributed by atoms with Crippen molar-refractivity contribution in [2.45, 2.75) is 31.1 Å². The third kappa shape index (κ3) is 2.88. The van der Waals surface area contributed by atoms with E-state index in [2.05, 4.69) is 109 Å². The number of benzene rings is 2. The Morgan fingerprint density at radius 2 is 0.935 bits per heavy atom. The molecule has 0 aliphatic heterocycles. The lowest BCUT2D eigenvalue weighted by Gasteiger charge is -2.49. The highest BCUT2D eigenvalue weighted by Gasteiger charge is 2.59. The Hall–Kier alpha value is -2.60. The van der Waals surface area contributed by atoms with Gasteiger partial charge >= 0.3 is 0 Å². The monoisotopic (exact) mass is 404 g/mol. The Kier molecular flexibility index (Phi) is 4.82. The summed E-state index contributed by atoms with van der Waals surface area (Å²) in [6, 6.07) is 23.1. The molecule has 0 heterocycles. The van der Waals surface area contributed by atoms with Crippen molar-refractivity contribution in [3.8, 4) is 0 Å². The highest BCUT2D eigenvalue weighted by atomic mass is 14.6. The largest absolute Gasteiger partial charge is 0.0805 e. The van der Waals surface area contributed by atoms with Gasteiger partial charge in [0, 0.05) is 5.41 Å². The van der Waals surface area contributed by atoms with Crippen molar-refractivity contribution in [3.05, 3.63) is 120 Å². The van der Waals surface area contributed by atoms with Gasteiger partial charge in [0.2, 0.25) is 0 Å². The molecule has 31 heavy (non-hydrogen) atoms. The van der Waals surface area contributed by atoms with E-state index >= 15 is 0 Å². The maximum atomic E-state index is 2.55. The molecule has 0 spiro atoms. The van der Waals surface area contributed by atoms with Crippen LogP contribution in [0.15, 0.2) is 109 Å². The zero-order valence-corrected chi connectivity index (χ0v) is 18.2. The summed E-state index contributed by atoms with van der Waals surface area (Å²) >= 11 is 0. The van der Waals surface area contributed by atoms with Crippen LogP contribution in [0.5, 0.6) is 0 Å². The molecule has 4 atom stereocenters. The zero-order valence-electron chi connectivity index (χ0n) is 18.2. The fourth-order valence-corrected chi connectivity index (χ4v) is 7.74. The number of hydrogen-bond acceptors (Lipinski definition) is 0. The van der Waals surface area contributed by atoms with Gasteiger partial charge in [-0.15, -0.1) is 0 Å². The molecule has 0 N–H and O–H groups in total. The standard InChI is InChI=1S/C31H32/c1-3-13-23(14-4-1)31(25-17-7-8-18-25,24-15-5-2-6-16-24)30-28-21-11-9-19-26(28)27-20-10-12-22-29(27)30/h1-6,9-16,19-22,25-30H,7-8,17-18H2. The number of rotatable bonds is 4. The minimum absolute atomic E-state index is 0.0480. The molecule has 2 fully saturated rings. The van der Waals surface area contributed by atoms with Crippen molar-refractivity contribution in [3.63, 3.8) is 0 Å². The first-order valence-corrected chi connectivity index (χ1v) is 12.2. The minimum atomic E-state index is 0.0480. The van der Waals surface area contributed by atoms with Crippen LogP contribution in [0.25, 0.3) is 0 Å². The highest BCUT2D eigenvalue weighted by Crippen LogP contribution is 2.63. The van der Waals surface area contributed by atoms with Crippen molar-refractivity contribution in [2.75, 3.05) is 0 Å². The molecule has 0 heteroatoms. The molecule has 2 saturated carbocycles. The average molecular weight is 405 g/mol. The van der Waals surface area contributed by atoms with E-state index in [1.165, 1.54) is 36.8 Å². The van der Waals surface area contributed by atoms with Gasteiger partial charge in [-0.2, -0.15) is 0 Å². The fraction of sp³-hybridized carbons (Fsp3) is 0.355. The Morgan fingerprint density at radius 3 is 1.39 bits per heavy atom. The van der Waals surface area contributed by atoms with E-state index in [-0.39, 0.29) is 5.41 Å². The minimum Gasteiger partial charge on any atom is -0.0805 e. The Balaban J connectivity index is 1.64. The van der Waals surface area contributed by atoms with Gasteiger partial charge in [0.05, 0.1) is 0 Å². The molecule has 0 radical (unpaired) electrons. The first-order valence-electron chi connectivity index (χ1n) is 12.2. The van der Waals surface area contributed by atoms with Crippen molar-refractivity contribution in [2.24, 2.45) is 35.5 Å². The summed E-state index contributed by atoms with van der Waals surface area (Å²) in [7, 11) is 0. The molecule has 0 nitrogen and oxygen atoms in total. The van der Waals surface area contributed by atoms with Crippen LogP contribution >= 0.6 is 0 Å². The van der Waals surface area contributed by atoms with Crippen LogP contribution in [0.4, 0.5) is 0 Å². The molecule has 2 aromatic carbocycles. The van der Waals surface area contributed by atoms with E-state index in [1.54, 1.807) is 0 Å². The van der Waals surface area contributed by atoms with E-state index in [4.69, 9.17) is 0 Å². The molecule has 4 aliphatic carbocycles. The van der Waals surface area contributed by atoms with Crippen molar-refractivity contribution in [1.29, 1.82) is 0 Å². The lowest BCUT2D eigenvalue weighted by molar-refractivity contribution is 0.159. The molecule has 0 saturated heterocycles. The van der Waals surface area contributed by atoms with Crippen LogP contribution in [0.2, 0.25) is 0 Å². The second-order valence-corrected chi connectivity index (χ2v) is 9.96. The third-order valence-corrected chi connectivity index (χ3v) is 8.75. The van der Waals surface area contributed by atoms with E-state index in [0.29, 0.717) is 35.5 Å². The van der Waals surface area contributed by atoms with Crippen LogP contribution in [0.3, 0.4) is 0 Å². The van der Waals surface area contributed by atoms with Gasteiger partial charge in [0.15, 0.2) is 0 Å². The molecule has 156 valence electrons. The van der Waals surface area contributed by atoms with Gasteiger partial charge in [-0.05, 0) is 59.5 Å². The molecule has 2 aromatic rings. The summed E-state index contributed by atoms with van der Waals surface area (Å²) in [5, 5.41) is 0. The lowest BCUT2D eigenvalue weighted by Crippen LogP contribution is -2.47. The predicted octanol–water partition coefficient (Wildman–Crippen LogP) is 7.51. The quantitative estimate of drug-likeness (QED) is 0.494.